The summed E-state index contributed by atoms with van der Waals surface area (Å²) < 4.78 is 0. The van der Waals surface area contributed by atoms with Gasteiger partial charge in [0, 0.05) is 0 Å². The van der Waals surface area contributed by atoms with Crippen LogP contribution in [0, 0.1) is 0 Å². The first-order valence-corrected chi connectivity index (χ1v) is 3.01. The van der Waals surface area contributed by atoms with Gasteiger partial charge in [-0.2, -0.15) is 0 Å². The number of carbonyl (C=O) groups is 1. The van der Waals surface area contributed by atoms with Crippen LogP contribution in [0.3, 0.4) is 0 Å². The molecule has 0 N–H and O–H groups in total. The average Bonchev–Trinajstić information content (AvgIpc) is 1.65. The fourth-order valence-corrected chi connectivity index (χ4v) is 0.421. The van der Waals surface area contributed by atoms with E-state index in [9.17, 15) is 4.79 Å². The maximum atomic E-state index is 10.7. The molecule has 0 radical (unpaired) electrons. The van der Waals surface area contributed by atoms with Crippen molar-refractivity contribution in [1.82, 2.24) is 0 Å². The first kappa shape index (κ1) is 8.47. The summed E-state index contributed by atoms with van der Waals surface area (Å²) >= 11 is 4.35. The number of thiocarbonyl (C=S) groups is 1. The first-order chi connectivity index (χ1) is 4.00. The van der Waals surface area contributed by atoms with Crippen LogP contribution in [-0.2, 0) is 4.79 Å². The molecule has 0 aromatic carbocycles. The molecule has 0 saturated heterocycles. The second-order valence-electron chi connectivity index (χ2n) is 2.32. The molecule has 0 aliphatic rings. The monoisotopic (exact) mass is 143 g/mol. The number of rotatable bonds is 2. The van der Waals surface area contributed by atoms with Crippen molar-refractivity contribution in [3.8, 4) is 0 Å². The molecule has 9 heavy (non-hydrogen) atoms. The second-order valence-corrected chi connectivity index (χ2v) is 2.50. The van der Waals surface area contributed by atoms with Gasteiger partial charge in [-0.25, -0.2) is 4.99 Å². The van der Waals surface area contributed by atoms with E-state index in [2.05, 4.69) is 22.4 Å². The molecule has 0 unspecified atom stereocenters. The lowest BCUT2D eigenvalue weighted by Gasteiger charge is -2.11. The van der Waals surface area contributed by atoms with Crippen LogP contribution in [0.15, 0.2) is 4.99 Å². The van der Waals surface area contributed by atoms with E-state index < -0.39 is 5.54 Å². The van der Waals surface area contributed by atoms with E-state index in [4.69, 9.17) is 0 Å². The first-order valence-electron chi connectivity index (χ1n) is 2.61. The van der Waals surface area contributed by atoms with Gasteiger partial charge in [-0.05, 0) is 33.0 Å². The number of ketones is 1. The summed E-state index contributed by atoms with van der Waals surface area (Å²) in [5, 5.41) is 2.18. The third-order valence-corrected chi connectivity index (χ3v) is 1.28. The molecule has 0 fully saturated rings. The second kappa shape index (κ2) is 2.85. The van der Waals surface area contributed by atoms with Crippen LogP contribution in [0.5, 0.6) is 0 Å². The van der Waals surface area contributed by atoms with E-state index in [1.807, 2.05) is 0 Å². The van der Waals surface area contributed by atoms with Crippen molar-refractivity contribution in [2.45, 2.75) is 26.3 Å². The van der Waals surface area contributed by atoms with Crippen molar-refractivity contribution in [2.75, 3.05) is 0 Å². The average molecular weight is 143 g/mol. The van der Waals surface area contributed by atoms with Gasteiger partial charge >= 0.3 is 0 Å². The summed E-state index contributed by atoms with van der Waals surface area (Å²) in [5.41, 5.74) is -0.679. The fraction of sp³-hybridized carbons (Fsp3) is 0.667. The van der Waals surface area contributed by atoms with Crippen molar-refractivity contribution >= 4 is 23.2 Å². The lowest BCUT2D eigenvalue weighted by molar-refractivity contribution is -0.120. The van der Waals surface area contributed by atoms with Crippen LogP contribution in [0.4, 0.5) is 0 Å². The summed E-state index contributed by atoms with van der Waals surface area (Å²) in [5.74, 6) is -0.000139. The molecule has 0 saturated carbocycles. The standard InChI is InChI=1S/C6H9NOS/c1-5(8)6(2,3)7-4-9/h1-3H3. The number of hydrogen-bond donors (Lipinski definition) is 0. The molecule has 0 heterocycles. The Morgan fingerprint density at radius 2 is 2.11 bits per heavy atom. The number of hydrogen-bond acceptors (Lipinski definition) is 3. The summed E-state index contributed by atoms with van der Waals surface area (Å²) in [6, 6.07) is 0. The van der Waals surface area contributed by atoms with Crippen molar-refractivity contribution in [1.29, 1.82) is 0 Å². The van der Waals surface area contributed by atoms with Crippen molar-refractivity contribution in [3.63, 3.8) is 0 Å². The zero-order valence-electron chi connectivity index (χ0n) is 5.76. The minimum atomic E-state index is -0.679. The van der Waals surface area contributed by atoms with Crippen LogP contribution in [-0.4, -0.2) is 16.5 Å². The molecule has 0 aromatic heterocycles. The number of Topliss-reactive ketones (excluding diaryl/α,β-unsaturated/α-hetero) is 1. The molecule has 50 valence electrons. The van der Waals surface area contributed by atoms with Crippen LogP contribution < -0.4 is 0 Å². The van der Waals surface area contributed by atoms with E-state index in [-0.39, 0.29) is 5.78 Å². The molecule has 0 aliphatic carbocycles. The highest BCUT2D eigenvalue weighted by Crippen LogP contribution is 2.07. The van der Waals surface area contributed by atoms with Gasteiger partial charge in [0.1, 0.15) is 5.54 Å². The smallest absolute Gasteiger partial charge is 0.157 e. The summed E-state index contributed by atoms with van der Waals surface area (Å²) in [6.07, 6.45) is 0. The normalized spacial score (nSPS) is 10.1. The maximum Gasteiger partial charge on any atom is 0.157 e. The molecule has 3 heteroatoms. The molecule has 2 nitrogen and oxygen atoms in total. The van der Waals surface area contributed by atoms with Crippen LogP contribution in [0.1, 0.15) is 20.8 Å². The van der Waals surface area contributed by atoms with Crippen molar-refractivity contribution in [3.05, 3.63) is 0 Å². The quantitative estimate of drug-likeness (QED) is 0.432. The summed E-state index contributed by atoms with van der Waals surface area (Å²) in [7, 11) is 0. The van der Waals surface area contributed by atoms with E-state index in [1.54, 1.807) is 13.8 Å². The van der Waals surface area contributed by atoms with Gasteiger partial charge < -0.3 is 0 Å². The molecule has 0 rings (SSSR count). The predicted octanol–water partition coefficient (Wildman–Crippen LogP) is 1.46. The molecular weight excluding hydrogens is 134 g/mol. The summed E-state index contributed by atoms with van der Waals surface area (Å²) in [4.78, 5) is 14.3. The van der Waals surface area contributed by atoms with E-state index in [0.717, 1.165) is 0 Å². The highest BCUT2D eigenvalue weighted by Gasteiger charge is 2.20. The Morgan fingerprint density at radius 1 is 1.67 bits per heavy atom. The lowest BCUT2D eigenvalue weighted by Crippen LogP contribution is -2.25. The van der Waals surface area contributed by atoms with Crippen LogP contribution >= 0.6 is 12.2 Å². The third-order valence-electron chi connectivity index (χ3n) is 1.19. The van der Waals surface area contributed by atoms with Gasteiger partial charge in [0.25, 0.3) is 0 Å². The highest BCUT2D eigenvalue weighted by molar-refractivity contribution is 7.78. The van der Waals surface area contributed by atoms with Crippen molar-refractivity contribution < 1.29 is 4.79 Å². The van der Waals surface area contributed by atoms with Gasteiger partial charge in [0.15, 0.2) is 5.78 Å². The SMILES string of the molecule is CC(=O)C(C)(C)N=C=S. The Balaban J connectivity index is 4.37. The predicted molar refractivity (Wildman–Crippen MR) is 39.8 cm³/mol. The molecule has 0 spiro atoms. The van der Waals surface area contributed by atoms with Gasteiger partial charge in [0.05, 0.1) is 5.16 Å². The highest BCUT2D eigenvalue weighted by atomic mass is 32.1. The van der Waals surface area contributed by atoms with E-state index in [1.165, 1.54) is 6.92 Å². The molecular formula is C6H9NOS. The minimum absolute atomic E-state index is 0.000139. The number of isothiocyanates is 1. The number of nitrogens with zero attached hydrogens (tertiary/aromatic N) is 1. The Kier molecular flexibility index (Phi) is 2.68. The Hall–Kier alpha value is -0.530. The van der Waals surface area contributed by atoms with E-state index in [0.29, 0.717) is 0 Å². The third kappa shape index (κ3) is 2.49. The maximum absolute atomic E-state index is 10.7. The van der Waals surface area contributed by atoms with E-state index >= 15 is 0 Å². The van der Waals surface area contributed by atoms with Gasteiger partial charge in [-0.3, -0.25) is 4.79 Å². The van der Waals surface area contributed by atoms with Crippen LogP contribution in [0.25, 0.3) is 0 Å². The molecule has 0 amide bonds. The van der Waals surface area contributed by atoms with Crippen LogP contribution in [0.2, 0.25) is 0 Å². The largest absolute Gasteiger partial charge is 0.297 e. The summed E-state index contributed by atoms with van der Waals surface area (Å²) in [6.45, 7) is 4.89. The molecule has 0 atom stereocenters. The van der Waals surface area contributed by atoms with Crippen molar-refractivity contribution in [2.24, 2.45) is 4.99 Å². The fourth-order valence-electron chi connectivity index (χ4n) is 0.193. The van der Waals surface area contributed by atoms with Gasteiger partial charge in [0.2, 0.25) is 0 Å². The zero-order valence-corrected chi connectivity index (χ0v) is 6.58. The zero-order chi connectivity index (χ0) is 7.49. The Bertz CT molecular complexity index is 164. The molecule has 0 bridgehead atoms. The van der Waals surface area contributed by atoms with Gasteiger partial charge in [-0.15, -0.1) is 0 Å². The van der Waals surface area contributed by atoms with Gasteiger partial charge in [-0.1, -0.05) is 0 Å². The topological polar surface area (TPSA) is 29.4 Å². The number of carbonyl (C=O) groups excluding carboxylic acids is 1. The Labute approximate surface area is 60.0 Å². The minimum Gasteiger partial charge on any atom is -0.297 e. The lowest BCUT2D eigenvalue weighted by atomic mass is 10.0. The molecule has 0 aromatic rings. The number of aliphatic imine (C=N–C) groups is 1. The molecule has 0 aliphatic heterocycles. The Morgan fingerprint density at radius 3 is 2.22 bits per heavy atom.